The van der Waals surface area contributed by atoms with E-state index in [1.54, 1.807) is 24.3 Å². The van der Waals surface area contributed by atoms with Gasteiger partial charge in [0.25, 0.3) is 0 Å². The standard InChI is InChI=1S/C23H19F2N3O/c1-28-12-16(14-2-6-17(24)7-3-14)10-21-20(13-28)22(19(11-26)23(27)29-21)15-4-8-18(25)9-5-15/h2-10,22H,12-13,27H2,1H3. The van der Waals surface area contributed by atoms with Crippen LogP contribution >= 0.6 is 0 Å². The Morgan fingerprint density at radius 3 is 2.28 bits per heavy atom. The average Bonchev–Trinajstić information content (AvgIpc) is 2.86. The van der Waals surface area contributed by atoms with Crippen LogP contribution in [0.15, 0.2) is 77.4 Å². The highest BCUT2D eigenvalue weighted by molar-refractivity contribution is 5.71. The minimum absolute atomic E-state index is 0.0415. The molecule has 2 N–H and O–H groups in total. The van der Waals surface area contributed by atoms with Gasteiger partial charge in [0.1, 0.15) is 29.0 Å². The lowest BCUT2D eigenvalue weighted by Crippen LogP contribution is -2.28. The van der Waals surface area contributed by atoms with Gasteiger partial charge in [-0.15, -0.1) is 0 Å². The Labute approximate surface area is 167 Å². The van der Waals surface area contributed by atoms with E-state index in [1.807, 2.05) is 13.1 Å². The molecular formula is C23H19F2N3O. The summed E-state index contributed by atoms with van der Waals surface area (Å²) >= 11 is 0. The van der Waals surface area contributed by atoms with Crippen LogP contribution in [-0.2, 0) is 4.74 Å². The van der Waals surface area contributed by atoms with Gasteiger partial charge in [-0.3, -0.25) is 4.90 Å². The quantitative estimate of drug-likeness (QED) is 0.839. The Morgan fingerprint density at radius 2 is 1.66 bits per heavy atom. The van der Waals surface area contributed by atoms with E-state index >= 15 is 0 Å². The third kappa shape index (κ3) is 3.65. The molecular weight excluding hydrogens is 372 g/mol. The zero-order valence-electron chi connectivity index (χ0n) is 15.8. The van der Waals surface area contributed by atoms with E-state index in [4.69, 9.17) is 10.5 Å². The van der Waals surface area contributed by atoms with Crippen molar-refractivity contribution in [3.05, 3.63) is 100 Å². The van der Waals surface area contributed by atoms with Gasteiger partial charge in [-0.2, -0.15) is 5.26 Å². The molecule has 0 amide bonds. The molecule has 4 rings (SSSR count). The summed E-state index contributed by atoms with van der Waals surface area (Å²) in [6, 6.07) is 14.5. The lowest BCUT2D eigenvalue weighted by atomic mass is 9.83. The van der Waals surface area contributed by atoms with E-state index in [0.717, 1.165) is 22.3 Å². The summed E-state index contributed by atoms with van der Waals surface area (Å²) in [5, 5.41) is 9.70. The average molecular weight is 391 g/mol. The molecule has 2 aromatic rings. The van der Waals surface area contributed by atoms with Crippen LogP contribution in [0.4, 0.5) is 8.78 Å². The summed E-state index contributed by atoms with van der Waals surface area (Å²) in [5.74, 6) is -0.454. The van der Waals surface area contributed by atoms with E-state index in [9.17, 15) is 14.0 Å². The summed E-state index contributed by atoms with van der Waals surface area (Å²) < 4.78 is 32.6. The van der Waals surface area contributed by atoms with Gasteiger partial charge in [-0.05, 0) is 59.7 Å². The Morgan fingerprint density at radius 1 is 1.03 bits per heavy atom. The van der Waals surface area contributed by atoms with Crippen molar-refractivity contribution in [2.24, 2.45) is 5.73 Å². The van der Waals surface area contributed by atoms with Crippen molar-refractivity contribution < 1.29 is 13.5 Å². The van der Waals surface area contributed by atoms with Crippen molar-refractivity contribution in [2.75, 3.05) is 20.1 Å². The van der Waals surface area contributed by atoms with Crippen LogP contribution in [0.3, 0.4) is 0 Å². The van der Waals surface area contributed by atoms with Gasteiger partial charge in [0.15, 0.2) is 0 Å². The van der Waals surface area contributed by atoms with E-state index < -0.39 is 5.92 Å². The number of ether oxygens (including phenoxy) is 1. The minimum Gasteiger partial charge on any atom is -0.440 e. The summed E-state index contributed by atoms with van der Waals surface area (Å²) in [5.41, 5.74) is 9.86. The lowest BCUT2D eigenvalue weighted by Gasteiger charge is -2.29. The van der Waals surface area contributed by atoms with Gasteiger partial charge in [0, 0.05) is 13.1 Å². The van der Waals surface area contributed by atoms with Crippen molar-refractivity contribution in [2.45, 2.75) is 5.92 Å². The molecule has 0 saturated carbocycles. The molecule has 29 heavy (non-hydrogen) atoms. The molecule has 2 heterocycles. The van der Waals surface area contributed by atoms with Gasteiger partial charge in [-0.25, -0.2) is 8.78 Å². The summed E-state index contributed by atoms with van der Waals surface area (Å²) in [6.07, 6.45) is 1.89. The topological polar surface area (TPSA) is 62.3 Å². The van der Waals surface area contributed by atoms with Crippen LogP contribution < -0.4 is 5.73 Å². The first-order valence-electron chi connectivity index (χ1n) is 9.17. The molecule has 1 atom stereocenters. The Balaban J connectivity index is 1.85. The fourth-order valence-corrected chi connectivity index (χ4v) is 3.81. The predicted octanol–water partition coefficient (Wildman–Crippen LogP) is 4.06. The molecule has 4 nitrogen and oxygen atoms in total. The molecule has 0 radical (unpaired) electrons. The molecule has 6 heteroatoms. The molecule has 0 saturated heterocycles. The second-order valence-corrected chi connectivity index (χ2v) is 7.21. The monoisotopic (exact) mass is 391 g/mol. The van der Waals surface area contributed by atoms with Gasteiger partial charge >= 0.3 is 0 Å². The van der Waals surface area contributed by atoms with Crippen LogP contribution in [0.5, 0.6) is 0 Å². The highest BCUT2D eigenvalue weighted by Gasteiger charge is 2.34. The normalized spacial score (nSPS) is 19.8. The number of hydrogen-bond donors (Lipinski definition) is 1. The number of likely N-dealkylation sites (N-methyl/N-ethyl adjacent to an activating group) is 1. The number of nitrogens with zero attached hydrogens (tertiary/aromatic N) is 2. The molecule has 146 valence electrons. The maximum atomic E-state index is 13.5. The van der Waals surface area contributed by atoms with Gasteiger partial charge < -0.3 is 10.5 Å². The van der Waals surface area contributed by atoms with Crippen molar-refractivity contribution >= 4 is 5.57 Å². The third-order valence-corrected chi connectivity index (χ3v) is 5.16. The van der Waals surface area contributed by atoms with Crippen molar-refractivity contribution in [1.82, 2.24) is 4.90 Å². The summed E-state index contributed by atoms with van der Waals surface area (Å²) in [4.78, 5) is 2.09. The maximum Gasteiger partial charge on any atom is 0.205 e. The first-order valence-corrected chi connectivity index (χ1v) is 9.17. The van der Waals surface area contributed by atoms with E-state index in [-0.39, 0.29) is 17.5 Å². The zero-order valence-corrected chi connectivity index (χ0v) is 15.8. The van der Waals surface area contributed by atoms with Crippen molar-refractivity contribution in [1.29, 1.82) is 5.26 Å². The summed E-state index contributed by atoms with van der Waals surface area (Å²) in [7, 11) is 1.96. The zero-order chi connectivity index (χ0) is 20.5. The van der Waals surface area contributed by atoms with Crippen molar-refractivity contribution in [3.8, 4) is 6.07 Å². The molecule has 2 aliphatic rings. The summed E-state index contributed by atoms with van der Waals surface area (Å²) in [6.45, 7) is 1.15. The molecule has 0 spiro atoms. The maximum absolute atomic E-state index is 13.5. The molecule has 1 unspecified atom stereocenters. The highest BCUT2D eigenvalue weighted by atomic mass is 19.1. The molecule has 0 aliphatic carbocycles. The first-order chi connectivity index (χ1) is 14.0. The molecule has 2 aliphatic heterocycles. The van der Waals surface area contributed by atoms with Crippen LogP contribution in [0.1, 0.15) is 17.0 Å². The SMILES string of the molecule is CN1CC(c2ccc(F)cc2)=CC2=C(C1)C(c1ccc(F)cc1)C(C#N)=C(N)O2. The fourth-order valence-electron chi connectivity index (χ4n) is 3.81. The Bertz CT molecular complexity index is 1080. The van der Waals surface area contributed by atoms with Crippen LogP contribution in [-0.4, -0.2) is 25.0 Å². The molecule has 0 bridgehead atoms. The number of benzene rings is 2. The molecule has 0 aromatic heterocycles. The van der Waals surface area contributed by atoms with Crippen LogP contribution in [0.25, 0.3) is 5.57 Å². The Kier molecular flexibility index (Phi) is 4.91. The smallest absolute Gasteiger partial charge is 0.205 e. The van der Waals surface area contributed by atoms with Gasteiger partial charge in [0.05, 0.1) is 5.92 Å². The largest absolute Gasteiger partial charge is 0.440 e. The minimum atomic E-state index is -0.421. The number of hydrogen-bond acceptors (Lipinski definition) is 4. The lowest BCUT2D eigenvalue weighted by molar-refractivity contribution is 0.286. The van der Waals surface area contributed by atoms with Gasteiger partial charge in [0.2, 0.25) is 5.88 Å². The second kappa shape index (κ2) is 7.53. The van der Waals surface area contributed by atoms with Gasteiger partial charge in [-0.1, -0.05) is 24.3 Å². The number of nitrogens with two attached hydrogens (primary N) is 1. The van der Waals surface area contributed by atoms with E-state index in [1.165, 1.54) is 24.3 Å². The number of halogens is 2. The first kappa shape index (κ1) is 18.9. The highest BCUT2D eigenvalue weighted by Crippen LogP contribution is 2.41. The third-order valence-electron chi connectivity index (χ3n) is 5.16. The number of nitriles is 1. The molecule has 2 aromatic carbocycles. The fraction of sp³-hybridized carbons (Fsp3) is 0.174. The van der Waals surface area contributed by atoms with E-state index in [2.05, 4.69) is 11.0 Å². The van der Waals surface area contributed by atoms with Crippen LogP contribution in [0, 0.1) is 23.0 Å². The van der Waals surface area contributed by atoms with Crippen LogP contribution in [0.2, 0.25) is 0 Å². The second-order valence-electron chi connectivity index (χ2n) is 7.21. The molecule has 0 fully saturated rings. The van der Waals surface area contributed by atoms with E-state index in [0.29, 0.717) is 24.4 Å². The van der Waals surface area contributed by atoms with Crippen molar-refractivity contribution in [3.63, 3.8) is 0 Å². The Hall–Kier alpha value is -3.43. The predicted molar refractivity (Wildman–Crippen MR) is 106 cm³/mol. The number of allylic oxidation sites excluding steroid dienone is 2. The number of rotatable bonds is 2.